The van der Waals surface area contributed by atoms with Gasteiger partial charge in [-0.25, -0.2) is 0 Å². The van der Waals surface area contributed by atoms with Gasteiger partial charge in [-0.15, -0.1) is 0 Å². The monoisotopic (exact) mass is 313 g/mol. The van der Waals surface area contributed by atoms with E-state index in [2.05, 4.69) is 10.4 Å². The molecule has 0 fully saturated rings. The number of hydrogen-bond acceptors (Lipinski definition) is 3. The zero-order chi connectivity index (χ0) is 14.8. The number of rotatable bonds is 5. The molecule has 1 atom stereocenters. The second-order valence-electron chi connectivity index (χ2n) is 5.06. The minimum Gasteiger partial charge on any atom is -0.384 e. The molecule has 0 radical (unpaired) electrons. The van der Waals surface area contributed by atoms with E-state index in [0.29, 0.717) is 23.1 Å². The molecule has 108 valence electrons. The van der Waals surface area contributed by atoms with E-state index in [1.54, 1.807) is 30.1 Å². The highest BCUT2D eigenvalue weighted by Crippen LogP contribution is 2.20. The topological polar surface area (TPSA) is 50.1 Å². The Balaban J connectivity index is 1.95. The van der Waals surface area contributed by atoms with Gasteiger partial charge in [-0.2, -0.15) is 5.10 Å². The summed E-state index contributed by atoms with van der Waals surface area (Å²) in [7, 11) is 1.82. The molecule has 0 saturated carbocycles. The van der Waals surface area contributed by atoms with E-state index in [0.717, 1.165) is 11.1 Å². The third-order valence-electron chi connectivity index (χ3n) is 3.05. The van der Waals surface area contributed by atoms with Gasteiger partial charge in [0.2, 0.25) is 0 Å². The van der Waals surface area contributed by atoms with E-state index in [9.17, 15) is 5.11 Å². The maximum absolute atomic E-state index is 10.4. The van der Waals surface area contributed by atoms with Crippen LogP contribution in [0.5, 0.6) is 0 Å². The van der Waals surface area contributed by atoms with Crippen LogP contribution < -0.4 is 5.32 Å². The fraction of sp³-hybridized carbons (Fsp3) is 0.357. The van der Waals surface area contributed by atoms with E-state index in [4.69, 9.17) is 23.2 Å². The average molecular weight is 314 g/mol. The normalized spacial score (nSPS) is 14.2. The molecule has 2 N–H and O–H groups in total. The van der Waals surface area contributed by atoms with Gasteiger partial charge in [0.05, 0.1) is 6.20 Å². The smallest absolute Gasteiger partial charge is 0.102 e. The third-order valence-corrected chi connectivity index (χ3v) is 3.48. The Labute approximate surface area is 128 Å². The Bertz CT molecular complexity index is 576. The van der Waals surface area contributed by atoms with Gasteiger partial charge in [0.15, 0.2) is 0 Å². The number of benzene rings is 1. The summed E-state index contributed by atoms with van der Waals surface area (Å²) in [6.07, 6.45) is 3.47. The molecular weight excluding hydrogens is 297 g/mol. The van der Waals surface area contributed by atoms with Gasteiger partial charge < -0.3 is 10.4 Å². The van der Waals surface area contributed by atoms with Gasteiger partial charge in [0.25, 0.3) is 0 Å². The van der Waals surface area contributed by atoms with E-state index in [1.807, 2.05) is 19.2 Å². The van der Waals surface area contributed by atoms with Crippen LogP contribution in [-0.4, -0.2) is 21.4 Å². The van der Waals surface area contributed by atoms with Crippen molar-refractivity contribution < 1.29 is 5.11 Å². The van der Waals surface area contributed by atoms with Crippen LogP contribution in [0.4, 0.5) is 0 Å². The van der Waals surface area contributed by atoms with Crippen LogP contribution >= 0.6 is 23.2 Å². The lowest BCUT2D eigenvalue weighted by atomic mass is 9.99. The van der Waals surface area contributed by atoms with Crippen molar-refractivity contribution in [2.75, 3.05) is 6.54 Å². The van der Waals surface area contributed by atoms with Crippen LogP contribution in [0.25, 0.3) is 0 Å². The highest BCUT2D eigenvalue weighted by Gasteiger charge is 2.24. The maximum Gasteiger partial charge on any atom is 0.102 e. The molecule has 0 aliphatic rings. The number of nitrogens with one attached hydrogen (secondary N) is 1. The number of halogens is 2. The minimum atomic E-state index is -0.976. The summed E-state index contributed by atoms with van der Waals surface area (Å²) in [5.74, 6) is 0. The van der Waals surface area contributed by atoms with Crippen LogP contribution in [0.15, 0.2) is 30.6 Å². The van der Waals surface area contributed by atoms with Gasteiger partial charge in [0.1, 0.15) is 5.60 Å². The third kappa shape index (κ3) is 3.96. The van der Waals surface area contributed by atoms with Gasteiger partial charge in [-0.05, 0) is 30.7 Å². The predicted octanol–water partition coefficient (Wildman–Crippen LogP) is 2.72. The van der Waals surface area contributed by atoms with Gasteiger partial charge in [-0.3, -0.25) is 4.68 Å². The summed E-state index contributed by atoms with van der Waals surface area (Å²) < 4.78 is 1.67. The first kappa shape index (κ1) is 15.3. The molecule has 1 unspecified atom stereocenters. The fourth-order valence-electron chi connectivity index (χ4n) is 1.96. The van der Waals surface area contributed by atoms with Crippen LogP contribution in [-0.2, 0) is 19.2 Å². The molecule has 20 heavy (non-hydrogen) atoms. The Kier molecular flexibility index (Phi) is 4.70. The first-order chi connectivity index (χ1) is 9.37. The summed E-state index contributed by atoms with van der Waals surface area (Å²) in [6.45, 7) is 2.74. The van der Waals surface area contributed by atoms with Crippen LogP contribution in [0.3, 0.4) is 0 Å². The average Bonchev–Trinajstić information content (AvgIpc) is 2.75. The summed E-state index contributed by atoms with van der Waals surface area (Å²) in [5, 5.41) is 18.9. The zero-order valence-corrected chi connectivity index (χ0v) is 12.9. The van der Waals surface area contributed by atoms with Crippen molar-refractivity contribution >= 4 is 23.2 Å². The minimum absolute atomic E-state index is 0.406. The van der Waals surface area contributed by atoms with Gasteiger partial charge in [-0.1, -0.05) is 23.2 Å². The van der Waals surface area contributed by atoms with Crippen LogP contribution in [0.1, 0.15) is 18.1 Å². The first-order valence-corrected chi connectivity index (χ1v) is 6.99. The quantitative estimate of drug-likeness (QED) is 0.892. The number of aliphatic hydroxyl groups is 1. The molecule has 0 aliphatic carbocycles. The van der Waals surface area contributed by atoms with Crippen molar-refractivity contribution in [3.8, 4) is 0 Å². The van der Waals surface area contributed by atoms with E-state index in [1.165, 1.54) is 0 Å². The summed E-state index contributed by atoms with van der Waals surface area (Å²) in [5.41, 5.74) is 0.775. The molecule has 1 heterocycles. The molecule has 0 bridgehead atoms. The second-order valence-corrected chi connectivity index (χ2v) is 5.93. The van der Waals surface area contributed by atoms with Crippen molar-refractivity contribution in [1.82, 2.24) is 15.1 Å². The number of aromatic nitrogens is 2. The number of aryl methyl sites for hydroxylation is 1. The van der Waals surface area contributed by atoms with Crippen LogP contribution in [0.2, 0.25) is 10.0 Å². The maximum atomic E-state index is 10.4. The Morgan fingerprint density at radius 3 is 2.50 bits per heavy atom. The molecule has 6 heteroatoms. The highest BCUT2D eigenvalue weighted by atomic mass is 35.5. The number of nitrogens with zero attached hydrogens (tertiary/aromatic N) is 2. The summed E-state index contributed by atoms with van der Waals surface area (Å²) in [6, 6.07) is 5.39. The lowest BCUT2D eigenvalue weighted by Crippen LogP contribution is -2.34. The molecular formula is C14H17Cl2N3O. The Hall–Kier alpha value is -1.07. The van der Waals surface area contributed by atoms with Crippen molar-refractivity contribution in [3.63, 3.8) is 0 Å². The molecule has 0 aliphatic heterocycles. The Morgan fingerprint density at radius 1 is 1.30 bits per heavy atom. The van der Waals surface area contributed by atoms with Gasteiger partial charge in [0, 0.05) is 41.9 Å². The Morgan fingerprint density at radius 2 is 1.95 bits per heavy atom. The summed E-state index contributed by atoms with van der Waals surface area (Å²) >= 11 is 11.9. The number of hydrogen-bond donors (Lipinski definition) is 2. The molecule has 2 aromatic rings. The molecule has 1 aromatic carbocycles. The fourth-order valence-corrected chi connectivity index (χ4v) is 2.54. The lowest BCUT2D eigenvalue weighted by Gasteiger charge is -2.22. The predicted molar refractivity (Wildman–Crippen MR) is 80.9 cm³/mol. The highest BCUT2D eigenvalue weighted by molar-refractivity contribution is 6.34. The SMILES string of the molecule is Cn1cc(C(C)(O)CNCc2cc(Cl)cc(Cl)c2)cn1. The van der Waals surface area contributed by atoms with E-state index < -0.39 is 5.60 Å². The van der Waals surface area contributed by atoms with Gasteiger partial charge >= 0.3 is 0 Å². The molecule has 2 rings (SSSR count). The van der Waals surface area contributed by atoms with Crippen molar-refractivity contribution in [1.29, 1.82) is 0 Å². The molecule has 1 aromatic heterocycles. The molecule has 0 saturated heterocycles. The molecule has 4 nitrogen and oxygen atoms in total. The second kappa shape index (κ2) is 6.14. The summed E-state index contributed by atoms with van der Waals surface area (Å²) in [4.78, 5) is 0. The molecule has 0 spiro atoms. The van der Waals surface area contributed by atoms with Crippen molar-refractivity contribution in [2.24, 2.45) is 7.05 Å². The molecule has 0 amide bonds. The lowest BCUT2D eigenvalue weighted by molar-refractivity contribution is 0.0566. The van der Waals surface area contributed by atoms with Crippen molar-refractivity contribution in [3.05, 3.63) is 51.8 Å². The van der Waals surface area contributed by atoms with E-state index in [-0.39, 0.29) is 0 Å². The first-order valence-electron chi connectivity index (χ1n) is 6.24. The zero-order valence-electron chi connectivity index (χ0n) is 11.4. The van der Waals surface area contributed by atoms with Crippen molar-refractivity contribution in [2.45, 2.75) is 19.1 Å². The van der Waals surface area contributed by atoms with Crippen LogP contribution in [0, 0.1) is 0 Å². The van der Waals surface area contributed by atoms with E-state index >= 15 is 0 Å². The largest absolute Gasteiger partial charge is 0.384 e. The standard InChI is InChI=1S/C14H17Cl2N3O/c1-14(20,11-7-18-19(2)8-11)9-17-6-10-3-12(15)5-13(16)4-10/h3-5,7-8,17,20H,6,9H2,1-2H3.